The van der Waals surface area contributed by atoms with Crippen molar-refractivity contribution in [1.82, 2.24) is 28.6 Å². The van der Waals surface area contributed by atoms with Crippen LogP contribution in [0.2, 0.25) is 13.1 Å². The standard InChI is InChI=1S/C26H44N6O5Si/c1-7-8-17-36-31(24(34)29-16-13-27-19-29)21-9-10-22-23(33)32(38(5,6)30(22)18-21)20-11-14-28(15-12-20)25(35)37-26(2,3)4/h13,16,19-22H,7-12,14-15,17-18H2,1-6H3/t21-,22+/m1/s1. The number of ether oxygens (including phenoxy) is 1. The van der Waals surface area contributed by atoms with Crippen LogP contribution in [0.3, 0.4) is 0 Å². The smallest absolute Gasteiger partial charge is 0.410 e. The van der Waals surface area contributed by atoms with Gasteiger partial charge >= 0.3 is 12.1 Å². The van der Waals surface area contributed by atoms with E-state index in [0.717, 1.165) is 25.7 Å². The number of fused-ring (bicyclic) bond motifs is 1. The Morgan fingerprint density at radius 1 is 1.16 bits per heavy atom. The number of piperidine rings is 2. The van der Waals surface area contributed by atoms with Crippen molar-refractivity contribution in [2.45, 2.75) is 103 Å². The molecule has 3 aliphatic rings. The molecule has 0 N–H and O–H groups in total. The van der Waals surface area contributed by atoms with Gasteiger partial charge in [-0.1, -0.05) is 13.3 Å². The summed E-state index contributed by atoms with van der Waals surface area (Å²) < 4.78 is 11.5. The number of nitrogens with zero attached hydrogens (tertiary/aromatic N) is 6. The second kappa shape index (κ2) is 11.3. The van der Waals surface area contributed by atoms with E-state index in [4.69, 9.17) is 9.57 Å². The maximum Gasteiger partial charge on any atom is 0.410 e. The molecule has 4 heterocycles. The van der Waals surface area contributed by atoms with E-state index in [1.807, 2.05) is 20.8 Å². The van der Waals surface area contributed by atoms with Crippen LogP contribution in [0.25, 0.3) is 0 Å². The largest absolute Gasteiger partial charge is 0.444 e. The Morgan fingerprint density at radius 3 is 2.47 bits per heavy atom. The van der Waals surface area contributed by atoms with E-state index in [1.165, 1.54) is 16.0 Å². The lowest BCUT2D eigenvalue weighted by molar-refractivity contribution is -0.155. The normalized spacial score (nSPS) is 24.4. The van der Waals surface area contributed by atoms with Gasteiger partial charge in [0.05, 0.1) is 18.7 Å². The molecule has 1 aromatic rings. The minimum absolute atomic E-state index is 0.108. The minimum atomic E-state index is -2.33. The lowest BCUT2D eigenvalue weighted by atomic mass is 9.98. The minimum Gasteiger partial charge on any atom is -0.444 e. The van der Waals surface area contributed by atoms with E-state index in [2.05, 4.69) is 34.1 Å². The second-order valence-electron chi connectivity index (χ2n) is 12.1. The first kappa shape index (κ1) is 28.6. The molecular weight excluding hydrogens is 504 g/mol. The van der Waals surface area contributed by atoms with Crippen LogP contribution >= 0.6 is 0 Å². The molecule has 0 unspecified atom stereocenters. The summed E-state index contributed by atoms with van der Waals surface area (Å²) in [7, 11) is -2.33. The molecule has 0 aliphatic carbocycles. The molecule has 4 rings (SSSR count). The number of imidazole rings is 1. The number of carbonyl (C=O) groups excluding carboxylic acids is 3. The van der Waals surface area contributed by atoms with E-state index in [-0.39, 0.29) is 36.2 Å². The molecule has 212 valence electrons. The molecule has 3 amide bonds. The maximum atomic E-state index is 13.8. The van der Waals surface area contributed by atoms with Crippen molar-refractivity contribution in [3.8, 4) is 0 Å². The SMILES string of the molecule is CCCCON(C(=O)n1ccnc1)[C@@H]1CC[C@H]2C(=O)N(C3CCN(C(=O)OC(C)(C)C)CC3)[Si](C)(C)N2C1. The summed E-state index contributed by atoms with van der Waals surface area (Å²) in [5.41, 5.74) is -0.527. The van der Waals surface area contributed by atoms with Crippen molar-refractivity contribution in [2.75, 3.05) is 26.2 Å². The summed E-state index contributed by atoms with van der Waals surface area (Å²) in [5.74, 6) is 0.204. The number of unbranched alkanes of at least 4 members (excludes halogenated alkanes) is 1. The van der Waals surface area contributed by atoms with Crippen molar-refractivity contribution < 1.29 is 24.0 Å². The van der Waals surface area contributed by atoms with Gasteiger partial charge in [-0.05, 0) is 66.0 Å². The van der Waals surface area contributed by atoms with Gasteiger partial charge in [-0.25, -0.2) is 14.6 Å². The van der Waals surface area contributed by atoms with Crippen molar-refractivity contribution in [3.63, 3.8) is 0 Å². The molecule has 2 atom stereocenters. The highest BCUT2D eigenvalue weighted by Gasteiger charge is 2.57. The van der Waals surface area contributed by atoms with Crippen LogP contribution in [0, 0.1) is 0 Å². The molecule has 3 saturated heterocycles. The third-order valence-corrected chi connectivity index (χ3v) is 11.5. The molecule has 3 aliphatic heterocycles. The van der Waals surface area contributed by atoms with Crippen LogP contribution < -0.4 is 0 Å². The number of aromatic nitrogens is 2. The molecular formula is C26H44N6O5Si. The monoisotopic (exact) mass is 548 g/mol. The van der Waals surface area contributed by atoms with Crippen LogP contribution in [0.15, 0.2) is 18.7 Å². The van der Waals surface area contributed by atoms with Gasteiger partial charge < -0.3 is 14.2 Å². The molecule has 0 radical (unpaired) electrons. The van der Waals surface area contributed by atoms with E-state index < -0.39 is 14.0 Å². The number of hydrogen-bond donors (Lipinski definition) is 0. The lowest BCUT2D eigenvalue weighted by Crippen LogP contribution is -2.63. The molecule has 0 aromatic carbocycles. The molecule has 0 bridgehead atoms. The molecule has 12 heteroatoms. The number of amides is 3. The van der Waals surface area contributed by atoms with Crippen LogP contribution in [-0.4, -0.2) is 105 Å². The average molecular weight is 549 g/mol. The highest BCUT2D eigenvalue weighted by Crippen LogP contribution is 2.39. The van der Waals surface area contributed by atoms with Crippen LogP contribution in [0.5, 0.6) is 0 Å². The summed E-state index contributed by atoms with van der Waals surface area (Å²) in [6.45, 7) is 14.4. The van der Waals surface area contributed by atoms with Crippen LogP contribution in [0.1, 0.15) is 66.2 Å². The van der Waals surface area contributed by atoms with Crippen LogP contribution in [-0.2, 0) is 14.4 Å². The average Bonchev–Trinajstić information content (AvgIpc) is 3.46. The predicted octanol–water partition coefficient (Wildman–Crippen LogP) is 3.66. The van der Waals surface area contributed by atoms with Crippen molar-refractivity contribution in [1.29, 1.82) is 0 Å². The molecule has 0 spiro atoms. The fourth-order valence-corrected chi connectivity index (χ4v) is 9.72. The summed E-state index contributed by atoms with van der Waals surface area (Å²) in [6.07, 6.45) is 9.15. The molecule has 3 fully saturated rings. The number of likely N-dealkylation sites (tertiary alicyclic amines) is 1. The Balaban J connectivity index is 1.45. The molecule has 11 nitrogen and oxygen atoms in total. The third-order valence-electron chi connectivity index (χ3n) is 7.83. The fourth-order valence-electron chi connectivity index (χ4n) is 5.94. The van der Waals surface area contributed by atoms with E-state index in [1.54, 1.807) is 17.3 Å². The predicted molar refractivity (Wildman–Crippen MR) is 144 cm³/mol. The number of hydrogen-bond acceptors (Lipinski definition) is 7. The van der Waals surface area contributed by atoms with E-state index in [9.17, 15) is 14.4 Å². The lowest BCUT2D eigenvalue weighted by Gasteiger charge is -2.46. The van der Waals surface area contributed by atoms with Gasteiger partial charge in [-0.2, -0.15) is 5.06 Å². The van der Waals surface area contributed by atoms with Gasteiger partial charge in [0.1, 0.15) is 11.9 Å². The topological polar surface area (TPSA) is 100 Å². The first-order chi connectivity index (χ1) is 17.9. The summed E-state index contributed by atoms with van der Waals surface area (Å²) in [5, 5.41) is 1.52. The Labute approximate surface area is 227 Å². The third kappa shape index (κ3) is 5.91. The molecule has 0 saturated carbocycles. The Morgan fingerprint density at radius 2 is 1.87 bits per heavy atom. The Kier molecular flexibility index (Phi) is 8.53. The Bertz CT molecular complexity index is 989. The quantitative estimate of drug-likeness (QED) is 0.304. The number of rotatable bonds is 6. The first-order valence-corrected chi connectivity index (χ1v) is 16.9. The van der Waals surface area contributed by atoms with E-state index in [0.29, 0.717) is 39.1 Å². The zero-order chi connectivity index (χ0) is 27.7. The van der Waals surface area contributed by atoms with Gasteiger partial charge in [0.25, 0.3) is 0 Å². The highest BCUT2D eigenvalue weighted by atomic mass is 28.3. The van der Waals surface area contributed by atoms with E-state index >= 15 is 0 Å². The first-order valence-electron chi connectivity index (χ1n) is 14.0. The second-order valence-corrected chi connectivity index (χ2v) is 16.1. The highest BCUT2D eigenvalue weighted by molar-refractivity contribution is 6.76. The Hall–Kier alpha value is -2.44. The summed E-state index contributed by atoms with van der Waals surface area (Å²) in [4.78, 5) is 51.4. The summed E-state index contributed by atoms with van der Waals surface area (Å²) in [6, 6.07) is -0.445. The van der Waals surface area contributed by atoms with Crippen molar-refractivity contribution in [2.24, 2.45) is 0 Å². The fraction of sp³-hybridized carbons (Fsp3) is 0.769. The van der Waals surface area contributed by atoms with Gasteiger partial charge in [0, 0.05) is 38.1 Å². The molecule has 1 aromatic heterocycles. The summed E-state index contributed by atoms with van der Waals surface area (Å²) >= 11 is 0. The van der Waals surface area contributed by atoms with Gasteiger partial charge in [-0.15, -0.1) is 0 Å². The maximum absolute atomic E-state index is 13.8. The number of hydroxylamine groups is 2. The number of carbonyl (C=O) groups is 3. The van der Waals surface area contributed by atoms with Crippen molar-refractivity contribution in [3.05, 3.63) is 18.7 Å². The zero-order valence-corrected chi connectivity index (χ0v) is 24.8. The van der Waals surface area contributed by atoms with Crippen LogP contribution in [0.4, 0.5) is 9.59 Å². The van der Waals surface area contributed by atoms with Crippen molar-refractivity contribution >= 4 is 26.4 Å². The zero-order valence-electron chi connectivity index (χ0n) is 23.8. The van der Waals surface area contributed by atoms with Gasteiger partial charge in [0.15, 0.2) is 0 Å². The van der Waals surface area contributed by atoms with Gasteiger partial charge in [0.2, 0.25) is 14.3 Å². The van der Waals surface area contributed by atoms with Gasteiger partial charge in [-0.3, -0.25) is 18.8 Å². The molecule has 38 heavy (non-hydrogen) atoms.